The van der Waals surface area contributed by atoms with Crippen molar-refractivity contribution in [2.45, 2.75) is 39.2 Å². The van der Waals surface area contributed by atoms with E-state index in [0.29, 0.717) is 11.8 Å². The van der Waals surface area contributed by atoms with Crippen LogP contribution in [-0.2, 0) is 4.74 Å². The van der Waals surface area contributed by atoms with E-state index >= 15 is 0 Å². The van der Waals surface area contributed by atoms with Gasteiger partial charge in [0.2, 0.25) is 0 Å². The van der Waals surface area contributed by atoms with Gasteiger partial charge in [-0.05, 0) is 39.5 Å². The highest BCUT2D eigenvalue weighted by Crippen LogP contribution is 2.20. The standard InChI is InChI=1S/C11H20ClNO2.ClH/c1-11(2,3)15-10(14)13-6-4-9(8-12)5-7-13;/h9H,4-8H2,1-3H3;1H. The lowest BCUT2D eigenvalue weighted by molar-refractivity contribution is 0.0191. The third kappa shape index (κ3) is 5.26. The predicted molar refractivity (Wildman–Crippen MR) is 68.5 cm³/mol. The Labute approximate surface area is 109 Å². The first-order valence-electron chi connectivity index (χ1n) is 5.46. The zero-order valence-corrected chi connectivity index (χ0v) is 11.7. The van der Waals surface area contributed by atoms with Gasteiger partial charge in [0.05, 0.1) is 0 Å². The Hall–Kier alpha value is -0.150. The maximum absolute atomic E-state index is 11.7. The molecule has 0 aromatic carbocycles. The topological polar surface area (TPSA) is 29.5 Å². The van der Waals surface area contributed by atoms with Crippen LogP contribution >= 0.6 is 24.0 Å². The van der Waals surface area contributed by atoms with Gasteiger partial charge in [0.25, 0.3) is 0 Å². The molecule has 1 aliphatic heterocycles. The fourth-order valence-corrected chi connectivity index (χ4v) is 1.90. The lowest BCUT2D eigenvalue weighted by Gasteiger charge is -2.32. The van der Waals surface area contributed by atoms with E-state index in [4.69, 9.17) is 16.3 Å². The molecule has 0 N–H and O–H groups in total. The Morgan fingerprint density at radius 3 is 2.25 bits per heavy atom. The van der Waals surface area contributed by atoms with Crippen LogP contribution in [0.4, 0.5) is 4.79 Å². The van der Waals surface area contributed by atoms with Crippen LogP contribution < -0.4 is 0 Å². The summed E-state index contributed by atoms with van der Waals surface area (Å²) in [5.74, 6) is 1.26. The van der Waals surface area contributed by atoms with E-state index in [0.717, 1.165) is 25.9 Å². The van der Waals surface area contributed by atoms with E-state index in [1.165, 1.54) is 0 Å². The van der Waals surface area contributed by atoms with E-state index < -0.39 is 5.60 Å². The van der Waals surface area contributed by atoms with Gasteiger partial charge in [-0.25, -0.2) is 4.79 Å². The minimum absolute atomic E-state index is 0. The average molecular weight is 270 g/mol. The number of carbonyl (C=O) groups excluding carboxylic acids is 1. The van der Waals surface area contributed by atoms with Crippen molar-refractivity contribution in [3.8, 4) is 0 Å². The summed E-state index contributed by atoms with van der Waals surface area (Å²) < 4.78 is 5.30. The number of hydrogen-bond donors (Lipinski definition) is 0. The third-order valence-corrected chi connectivity index (χ3v) is 2.92. The molecule has 1 rings (SSSR count). The van der Waals surface area contributed by atoms with E-state index in [1.807, 2.05) is 20.8 Å². The highest BCUT2D eigenvalue weighted by atomic mass is 35.5. The number of alkyl halides is 1. The molecule has 1 saturated heterocycles. The molecule has 0 atom stereocenters. The second-order valence-corrected chi connectivity index (χ2v) is 5.37. The fraction of sp³-hybridized carbons (Fsp3) is 0.909. The van der Waals surface area contributed by atoms with Crippen molar-refractivity contribution in [1.29, 1.82) is 0 Å². The second-order valence-electron chi connectivity index (χ2n) is 5.07. The zero-order chi connectivity index (χ0) is 11.5. The molecule has 0 unspecified atom stereocenters. The molecule has 3 nitrogen and oxygen atoms in total. The van der Waals surface area contributed by atoms with E-state index in [9.17, 15) is 4.79 Å². The number of carbonyl (C=O) groups is 1. The molecular weight excluding hydrogens is 249 g/mol. The second kappa shape index (κ2) is 6.55. The third-order valence-electron chi connectivity index (χ3n) is 2.48. The summed E-state index contributed by atoms with van der Waals surface area (Å²) in [6, 6.07) is 0. The van der Waals surface area contributed by atoms with Crippen LogP contribution in [0, 0.1) is 5.92 Å². The van der Waals surface area contributed by atoms with Crippen LogP contribution in [0.5, 0.6) is 0 Å². The molecular formula is C11H21Cl2NO2. The van der Waals surface area contributed by atoms with Gasteiger partial charge in [-0.15, -0.1) is 24.0 Å². The van der Waals surface area contributed by atoms with Gasteiger partial charge in [-0.3, -0.25) is 0 Å². The predicted octanol–water partition coefficient (Wildman–Crippen LogP) is 3.29. The Bertz CT molecular complexity index is 221. The fourth-order valence-electron chi connectivity index (χ4n) is 1.60. The normalized spacial score (nSPS) is 17.9. The van der Waals surface area contributed by atoms with Gasteiger partial charge in [0.1, 0.15) is 5.60 Å². The van der Waals surface area contributed by atoms with Crippen LogP contribution in [-0.4, -0.2) is 35.6 Å². The van der Waals surface area contributed by atoms with Gasteiger partial charge in [0.15, 0.2) is 0 Å². The van der Waals surface area contributed by atoms with E-state index in [1.54, 1.807) is 4.90 Å². The number of hydrogen-bond acceptors (Lipinski definition) is 2. The van der Waals surface area contributed by atoms with Gasteiger partial charge in [-0.2, -0.15) is 0 Å². The molecule has 0 bridgehead atoms. The van der Waals surface area contributed by atoms with E-state index in [-0.39, 0.29) is 18.5 Å². The quantitative estimate of drug-likeness (QED) is 0.684. The number of ether oxygens (including phenoxy) is 1. The van der Waals surface area contributed by atoms with Gasteiger partial charge < -0.3 is 9.64 Å². The first kappa shape index (κ1) is 15.9. The average Bonchev–Trinajstić information content (AvgIpc) is 2.15. The van der Waals surface area contributed by atoms with Crippen molar-refractivity contribution < 1.29 is 9.53 Å². The van der Waals surface area contributed by atoms with Gasteiger partial charge >= 0.3 is 6.09 Å². The lowest BCUT2D eigenvalue weighted by atomic mass is 9.99. The molecule has 0 spiro atoms. The first-order valence-corrected chi connectivity index (χ1v) is 5.99. The number of nitrogens with zero attached hydrogens (tertiary/aromatic N) is 1. The largest absolute Gasteiger partial charge is 0.444 e. The number of halogens is 2. The van der Waals surface area contributed by atoms with Crippen molar-refractivity contribution in [2.75, 3.05) is 19.0 Å². The van der Waals surface area contributed by atoms with Crippen LogP contribution in [0.15, 0.2) is 0 Å². The molecule has 0 aromatic heterocycles. The summed E-state index contributed by atoms with van der Waals surface area (Å²) in [6.45, 7) is 7.20. The summed E-state index contributed by atoms with van der Waals surface area (Å²) in [6.07, 6.45) is 1.78. The van der Waals surface area contributed by atoms with Gasteiger partial charge in [-0.1, -0.05) is 0 Å². The first-order chi connectivity index (χ1) is 6.92. The van der Waals surface area contributed by atoms with E-state index in [2.05, 4.69) is 0 Å². The highest BCUT2D eigenvalue weighted by molar-refractivity contribution is 6.18. The Balaban J connectivity index is 0.00000225. The molecule has 0 saturated carbocycles. The summed E-state index contributed by atoms with van der Waals surface area (Å²) in [5, 5.41) is 0. The molecule has 96 valence electrons. The maximum atomic E-state index is 11.7. The number of amides is 1. The van der Waals surface area contributed by atoms with Crippen molar-refractivity contribution >= 4 is 30.1 Å². The molecule has 1 heterocycles. The highest BCUT2D eigenvalue weighted by Gasteiger charge is 2.26. The SMILES string of the molecule is CC(C)(C)OC(=O)N1CCC(CCl)CC1.Cl. The summed E-state index contributed by atoms with van der Waals surface area (Å²) in [4.78, 5) is 13.5. The number of likely N-dealkylation sites (tertiary alicyclic amines) is 1. The van der Waals surface area contributed by atoms with Gasteiger partial charge in [0, 0.05) is 19.0 Å². The molecule has 0 aliphatic carbocycles. The molecule has 5 heteroatoms. The lowest BCUT2D eigenvalue weighted by Crippen LogP contribution is -2.41. The van der Waals surface area contributed by atoms with Crippen molar-refractivity contribution in [3.63, 3.8) is 0 Å². The molecule has 16 heavy (non-hydrogen) atoms. The summed E-state index contributed by atoms with van der Waals surface area (Å²) in [5.41, 5.74) is -0.402. The van der Waals surface area contributed by atoms with Crippen LogP contribution in [0.2, 0.25) is 0 Å². The molecule has 0 aromatic rings. The molecule has 1 amide bonds. The smallest absolute Gasteiger partial charge is 0.410 e. The van der Waals surface area contributed by atoms with Crippen molar-refractivity contribution in [3.05, 3.63) is 0 Å². The Kier molecular flexibility index (Phi) is 6.49. The Morgan fingerprint density at radius 1 is 1.38 bits per heavy atom. The number of piperidine rings is 1. The summed E-state index contributed by atoms with van der Waals surface area (Å²) >= 11 is 5.78. The minimum Gasteiger partial charge on any atom is -0.444 e. The molecule has 0 radical (unpaired) electrons. The maximum Gasteiger partial charge on any atom is 0.410 e. The minimum atomic E-state index is -0.402. The monoisotopic (exact) mass is 269 g/mol. The van der Waals surface area contributed by atoms with Crippen LogP contribution in [0.1, 0.15) is 33.6 Å². The van der Waals surface area contributed by atoms with Crippen LogP contribution in [0.25, 0.3) is 0 Å². The Morgan fingerprint density at radius 2 is 1.88 bits per heavy atom. The zero-order valence-electron chi connectivity index (χ0n) is 10.2. The van der Waals surface area contributed by atoms with Crippen LogP contribution in [0.3, 0.4) is 0 Å². The van der Waals surface area contributed by atoms with Crippen molar-refractivity contribution in [2.24, 2.45) is 5.92 Å². The number of rotatable bonds is 1. The van der Waals surface area contributed by atoms with Crippen molar-refractivity contribution in [1.82, 2.24) is 4.90 Å². The summed E-state index contributed by atoms with van der Waals surface area (Å²) in [7, 11) is 0. The molecule has 1 fully saturated rings. The molecule has 1 aliphatic rings.